The number of likely N-dealkylation sites (tertiary alicyclic amines) is 1. The van der Waals surface area contributed by atoms with Crippen LogP contribution in [0.5, 0.6) is 0 Å². The summed E-state index contributed by atoms with van der Waals surface area (Å²) in [6.45, 7) is 6.67. The number of hydrogen-bond donors (Lipinski definition) is 0. The van der Waals surface area contributed by atoms with Gasteiger partial charge in [-0.1, -0.05) is 36.4 Å². The lowest BCUT2D eigenvalue weighted by molar-refractivity contribution is -0.135. The maximum atomic E-state index is 14.0. The fourth-order valence-electron chi connectivity index (χ4n) is 5.49. The first-order chi connectivity index (χ1) is 15.5. The Hall–Kier alpha value is -2.31. The van der Waals surface area contributed by atoms with Crippen molar-refractivity contribution in [3.63, 3.8) is 0 Å². The largest absolute Gasteiger partial charge is 0.340 e. The summed E-state index contributed by atoms with van der Waals surface area (Å²) >= 11 is 0. The number of rotatable bonds is 5. The minimum atomic E-state index is -0.538. The lowest BCUT2D eigenvalue weighted by atomic mass is 9.90. The van der Waals surface area contributed by atoms with E-state index in [1.165, 1.54) is 17.7 Å². The molecule has 1 atom stereocenters. The van der Waals surface area contributed by atoms with Crippen LogP contribution < -0.4 is 0 Å². The van der Waals surface area contributed by atoms with Gasteiger partial charge in [-0.3, -0.25) is 14.6 Å². The first-order valence-corrected chi connectivity index (χ1v) is 11.7. The van der Waals surface area contributed by atoms with E-state index in [0.717, 1.165) is 71.1 Å². The molecule has 2 aliphatic heterocycles. The first-order valence-electron chi connectivity index (χ1n) is 11.7. The van der Waals surface area contributed by atoms with Gasteiger partial charge in [0.25, 0.3) is 0 Å². The fourth-order valence-corrected chi connectivity index (χ4v) is 5.49. The van der Waals surface area contributed by atoms with Crippen LogP contribution in [0.25, 0.3) is 0 Å². The van der Waals surface area contributed by atoms with Crippen LogP contribution in [0.1, 0.15) is 30.4 Å². The quantitative estimate of drug-likeness (QED) is 0.707. The van der Waals surface area contributed by atoms with E-state index in [1.807, 2.05) is 6.07 Å². The van der Waals surface area contributed by atoms with Crippen molar-refractivity contribution >= 4 is 5.91 Å². The monoisotopic (exact) mass is 439 g/mol. The summed E-state index contributed by atoms with van der Waals surface area (Å²) < 4.78 is 27.1. The molecule has 1 aliphatic carbocycles. The predicted molar refractivity (Wildman–Crippen MR) is 120 cm³/mol. The Morgan fingerprint density at radius 3 is 2.25 bits per heavy atom. The van der Waals surface area contributed by atoms with E-state index in [1.54, 1.807) is 0 Å². The Balaban J connectivity index is 1.08. The lowest BCUT2D eigenvalue weighted by Crippen LogP contribution is -2.49. The molecule has 0 N–H and O–H groups in total. The van der Waals surface area contributed by atoms with E-state index < -0.39 is 11.6 Å². The number of nitrogens with zero attached hydrogens (tertiary/aromatic N) is 3. The van der Waals surface area contributed by atoms with Gasteiger partial charge in [-0.05, 0) is 49.4 Å². The van der Waals surface area contributed by atoms with Gasteiger partial charge < -0.3 is 4.90 Å². The van der Waals surface area contributed by atoms with E-state index in [0.29, 0.717) is 18.0 Å². The third kappa shape index (κ3) is 4.57. The fraction of sp³-hybridized carbons (Fsp3) is 0.500. The van der Waals surface area contributed by atoms with E-state index >= 15 is 0 Å². The van der Waals surface area contributed by atoms with Crippen LogP contribution in [-0.4, -0.2) is 59.9 Å². The second-order valence-corrected chi connectivity index (χ2v) is 9.72. The van der Waals surface area contributed by atoms with Gasteiger partial charge in [0, 0.05) is 56.8 Å². The van der Waals surface area contributed by atoms with Gasteiger partial charge in [-0.25, -0.2) is 8.78 Å². The van der Waals surface area contributed by atoms with Gasteiger partial charge >= 0.3 is 0 Å². The average molecular weight is 440 g/mol. The van der Waals surface area contributed by atoms with Crippen molar-refractivity contribution in [1.29, 1.82) is 0 Å². The minimum Gasteiger partial charge on any atom is -0.340 e. The molecule has 170 valence electrons. The topological polar surface area (TPSA) is 26.8 Å². The highest BCUT2D eigenvalue weighted by molar-refractivity contribution is 5.83. The summed E-state index contributed by atoms with van der Waals surface area (Å²) in [4.78, 5) is 19.9. The summed E-state index contributed by atoms with van der Waals surface area (Å²) in [5, 5.41) is 0. The Labute approximate surface area is 188 Å². The number of hydrogen-bond acceptors (Lipinski definition) is 3. The SMILES string of the molecule is O=C(C1CC12CCN(Cc1ccc(F)cc1F)CC2)N1CCN(Cc2ccccc2)CC1. The summed E-state index contributed by atoms with van der Waals surface area (Å²) in [5.41, 5.74) is 2.01. The smallest absolute Gasteiger partial charge is 0.226 e. The van der Waals surface area contributed by atoms with Crippen molar-refractivity contribution in [1.82, 2.24) is 14.7 Å². The number of piperidine rings is 1. The van der Waals surface area contributed by atoms with Crippen molar-refractivity contribution in [2.24, 2.45) is 11.3 Å². The number of benzene rings is 2. The highest BCUT2D eigenvalue weighted by Gasteiger charge is 2.59. The molecule has 1 unspecified atom stereocenters. The van der Waals surface area contributed by atoms with Crippen LogP contribution in [0.4, 0.5) is 8.78 Å². The third-order valence-electron chi connectivity index (χ3n) is 7.68. The van der Waals surface area contributed by atoms with Crippen molar-refractivity contribution in [2.75, 3.05) is 39.3 Å². The van der Waals surface area contributed by atoms with Crippen molar-refractivity contribution in [2.45, 2.75) is 32.4 Å². The third-order valence-corrected chi connectivity index (χ3v) is 7.68. The molecule has 3 aliphatic rings. The zero-order valence-electron chi connectivity index (χ0n) is 18.5. The summed E-state index contributed by atoms with van der Waals surface area (Å²) in [7, 11) is 0. The van der Waals surface area contributed by atoms with Gasteiger partial charge in [0.15, 0.2) is 0 Å². The average Bonchev–Trinajstić information content (AvgIpc) is 3.51. The number of halogens is 2. The molecule has 5 rings (SSSR count). The van der Waals surface area contributed by atoms with Crippen LogP contribution in [-0.2, 0) is 17.9 Å². The highest BCUT2D eigenvalue weighted by atomic mass is 19.1. The van der Waals surface area contributed by atoms with Crippen LogP contribution in [0.15, 0.2) is 48.5 Å². The molecule has 1 spiro atoms. The number of amides is 1. The molecule has 1 saturated carbocycles. The predicted octanol–water partition coefficient (Wildman–Crippen LogP) is 3.91. The standard InChI is InChI=1S/C26H31F2N3O/c27-22-7-6-21(24(28)16-22)19-29-10-8-26(9-11-29)17-23(26)25(32)31-14-12-30(13-15-31)18-20-4-2-1-3-5-20/h1-7,16,23H,8-15,17-19H2. The van der Waals surface area contributed by atoms with Crippen LogP contribution >= 0.6 is 0 Å². The van der Waals surface area contributed by atoms with Crippen molar-refractivity contribution < 1.29 is 13.6 Å². The Morgan fingerprint density at radius 2 is 1.56 bits per heavy atom. The van der Waals surface area contributed by atoms with Gasteiger partial charge in [0.1, 0.15) is 11.6 Å². The molecule has 4 nitrogen and oxygen atoms in total. The zero-order chi connectivity index (χ0) is 22.1. The highest BCUT2D eigenvalue weighted by Crippen LogP contribution is 2.60. The molecule has 2 aromatic carbocycles. The normalized spacial score (nSPS) is 23.4. The molecular formula is C26H31F2N3O. The Kier molecular flexibility index (Phi) is 5.99. The summed E-state index contributed by atoms with van der Waals surface area (Å²) in [6.07, 6.45) is 2.97. The van der Waals surface area contributed by atoms with E-state index in [4.69, 9.17) is 0 Å². The molecule has 2 aromatic rings. The molecule has 1 amide bonds. The van der Waals surface area contributed by atoms with E-state index in [-0.39, 0.29) is 11.3 Å². The van der Waals surface area contributed by atoms with Gasteiger partial charge in [0.2, 0.25) is 5.91 Å². The first kappa shape index (κ1) is 21.5. The maximum Gasteiger partial charge on any atom is 0.226 e. The second kappa shape index (κ2) is 8.91. The van der Waals surface area contributed by atoms with Crippen molar-refractivity contribution in [3.8, 4) is 0 Å². The molecule has 2 heterocycles. The number of piperazine rings is 1. The molecule has 32 heavy (non-hydrogen) atoms. The Morgan fingerprint density at radius 1 is 0.875 bits per heavy atom. The molecule has 6 heteroatoms. The van der Waals surface area contributed by atoms with Crippen LogP contribution in [0.2, 0.25) is 0 Å². The number of carbonyl (C=O) groups is 1. The Bertz CT molecular complexity index is 951. The summed E-state index contributed by atoms with van der Waals surface area (Å²) in [6, 6.07) is 14.3. The molecule has 2 saturated heterocycles. The molecular weight excluding hydrogens is 408 g/mol. The van der Waals surface area contributed by atoms with E-state index in [2.05, 4.69) is 39.0 Å². The van der Waals surface area contributed by atoms with Crippen molar-refractivity contribution in [3.05, 3.63) is 71.3 Å². The second-order valence-electron chi connectivity index (χ2n) is 9.72. The van der Waals surface area contributed by atoms with Gasteiger partial charge in [-0.2, -0.15) is 0 Å². The maximum absolute atomic E-state index is 14.0. The lowest BCUT2D eigenvalue weighted by Gasteiger charge is -2.36. The van der Waals surface area contributed by atoms with E-state index in [9.17, 15) is 13.6 Å². The zero-order valence-corrected chi connectivity index (χ0v) is 18.5. The molecule has 0 bridgehead atoms. The molecule has 3 fully saturated rings. The summed E-state index contributed by atoms with van der Waals surface area (Å²) in [5.74, 6) is -0.518. The van der Waals surface area contributed by atoms with Crippen LogP contribution in [0.3, 0.4) is 0 Å². The van der Waals surface area contributed by atoms with Gasteiger partial charge in [-0.15, -0.1) is 0 Å². The van der Waals surface area contributed by atoms with Gasteiger partial charge in [0.05, 0.1) is 0 Å². The number of carbonyl (C=O) groups excluding carboxylic acids is 1. The van der Waals surface area contributed by atoms with Crippen LogP contribution in [0, 0.1) is 23.0 Å². The molecule has 0 aromatic heterocycles. The minimum absolute atomic E-state index is 0.149. The molecule has 0 radical (unpaired) electrons.